The van der Waals surface area contributed by atoms with E-state index in [1.807, 2.05) is 6.07 Å². The summed E-state index contributed by atoms with van der Waals surface area (Å²) in [5, 5.41) is 3.94. The first kappa shape index (κ1) is 7.30. The van der Waals surface area contributed by atoms with Crippen LogP contribution in [0.15, 0.2) is 29.3 Å². The summed E-state index contributed by atoms with van der Waals surface area (Å²) >= 11 is 1.34. The topological polar surface area (TPSA) is 51.0 Å². The second-order valence-electron chi connectivity index (χ2n) is 2.23. The highest BCUT2D eigenvalue weighted by Crippen LogP contribution is 2.09. The van der Waals surface area contributed by atoms with E-state index in [2.05, 4.69) is 14.7 Å². The average molecular weight is 181 g/mol. The van der Waals surface area contributed by atoms with Crippen molar-refractivity contribution in [3.63, 3.8) is 0 Å². The van der Waals surface area contributed by atoms with Crippen LogP contribution in [0.4, 0.5) is 5.13 Å². The zero-order chi connectivity index (χ0) is 8.23. The van der Waals surface area contributed by atoms with Crippen LogP contribution < -0.4 is 5.32 Å². The molecule has 0 aliphatic heterocycles. The van der Waals surface area contributed by atoms with Crippen LogP contribution in [-0.2, 0) is 6.54 Å². The van der Waals surface area contributed by atoms with Gasteiger partial charge < -0.3 is 9.73 Å². The Bertz CT molecular complexity index is 282. The van der Waals surface area contributed by atoms with E-state index < -0.39 is 0 Å². The molecule has 0 saturated heterocycles. The van der Waals surface area contributed by atoms with Crippen molar-refractivity contribution in [3.05, 3.63) is 30.5 Å². The summed E-state index contributed by atoms with van der Waals surface area (Å²) in [7, 11) is 0. The zero-order valence-corrected chi connectivity index (χ0v) is 7.04. The third kappa shape index (κ3) is 1.62. The molecular weight excluding hydrogens is 174 g/mol. The normalized spacial score (nSPS) is 10.0. The van der Waals surface area contributed by atoms with E-state index in [1.165, 1.54) is 17.9 Å². The van der Waals surface area contributed by atoms with Crippen molar-refractivity contribution >= 4 is 16.7 Å². The van der Waals surface area contributed by atoms with Gasteiger partial charge in [0.15, 0.2) is 0 Å². The Morgan fingerprint density at radius 1 is 1.58 bits per heavy atom. The van der Waals surface area contributed by atoms with Gasteiger partial charge in [0.05, 0.1) is 12.5 Å². The van der Waals surface area contributed by atoms with Crippen LogP contribution in [0.25, 0.3) is 0 Å². The van der Waals surface area contributed by atoms with Crippen molar-refractivity contribution in [2.45, 2.75) is 6.54 Å². The minimum atomic E-state index is 0.728. The molecule has 4 nitrogen and oxygen atoms in total. The van der Waals surface area contributed by atoms with E-state index in [0.29, 0.717) is 0 Å². The molecule has 0 aliphatic rings. The maximum atomic E-state index is 4.91. The van der Waals surface area contributed by atoms with E-state index in [0.717, 1.165) is 17.2 Å². The van der Waals surface area contributed by atoms with Crippen molar-refractivity contribution in [1.82, 2.24) is 9.36 Å². The molecule has 62 valence electrons. The van der Waals surface area contributed by atoms with Gasteiger partial charge in [-0.25, -0.2) is 4.98 Å². The molecule has 0 unspecified atom stereocenters. The highest BCUT2D eigenvalue weighted by molar-refractivity contribution is 7.09. The standard InChI is InChI=1S/C7H7N3OS/c1-2-11-4-6(1)3-8-7-9-5-10-12-7/h1-2,4-5H,3H2,(H,8,9,10). The Hall–Kier alpha value is -1.36. The first-order chi connectivity index (χ1) is 5.95. The summed E-state index contributed by atoms with van der Waals surface area (Å²) < 4.78 is 8.78. The lowest BCUT2D eigenvalue weighted by Gasteiger charge is -1.96. The monoisotopic (exact) mass is 181 g/mol. The third-order valence-corrected chi connectivity index (χ3v) is 2.01. The molecule has 0 bridgehead atoms. The lowest BCUT2D eigenvalue weighted by molar-refractivity contribution is 0.564. The number of anilines is 1. The Labute approximate surface area is 73.4 Å². The Morgan fingerprint density at radius 2 is 2.58 bits per heavy atom. The van der Waals surface area contributed by atoms with Crippen LogP contribution in [0, 0.1) is 0 Å². The van der Waals surface area contributed by atoms with Gasteiger partial charge >= 0.3 is 0 Å². The summed E-state index contributed by atoms with van der Waals surface area (Å²) in [5.74, 6) is 0. The SMILES string of the molecule is c1nsc(NCc2ccoc2)n1. The molecule has 0 aliphatic carbocycles. The molecule has 2 rings (SSSR count). The molecule has 2 aromatic heterocycles. The third-order valence-electron chi connectivity index (χ3n) is 1.39. The van der Waals surface area contributed by atoms with Gasteiger partial charge in [-0.15, -0.1) is 0 Å². The Morgan fingerprint density at radius 3 is 3.25 bits per heavy atom. The van der Waals surface area contributed by atoms with E-state index in [4.69, 9.17) is 4.42 Å². The fourth-order valence-electron chi connectivity index (χ4n) is 0.822. The molecule has 1 N–H and O–H groups in total. The van der Waals surface area contributed by atoms with Crippen molar-refractivity contribution < 1.29 is 4.42 Å². The van der Waals surface area contributed by atoms with Crippen LogP contribution in [0.3, 0.4) is 0 Å². The van der Waals surface area contributed by atoms with E-state index in [9.17, 15) is 0 Å². The van der Waals surface area contributed by atoms with Crippen molar-refractivity contribution in [2.24, 2.45) is 0 Å². The molecule has 2 heterocycles. The van der Waals surface area contributed by atoms with E-state index in [-0.39, 0.29) is 0 Å². The number of nitrogens with one attached hydrogen (secondary N) is 1. The number of hydrogen-bond donors (Lipinski definition) is 1. The largest absolute Gasteiger partial charge is 0.472 e. The van der Waals surface area contributed by atoms with Gasteiger partial charge in [-0.2, -0.15) is 4.37 Å². The maximum absolute atomic E-state index is 4.91. The molecule has 2 aromatic rings. The van der Waals surface area contributed by atoms with Gasteiger partial charge in [0, 0.05) is 23.6 Å². The zero-order valence-electron chi connectivity index (χ0n) is 6.23. The van der Waals surface area contributed by atoms with Crippen LogP contribution in [0.5, 0.6) is 0 Å². The number of aromatic nitrogens is 2. The number of hydrogen-bond acceptors (Lipinski definition) is 5. The average Bonchev–Trinajstić information content (AvgIpc) is 2.74. The summed E-state index contributed by atoms with van der Waals surface area (Å²) in [6.07, 6.45) is 4.88. The minimum absolute atomic E-state index is 0.728. The van der Waals surface area contributed by atoms with Crippen LogP contribution in [0.2, 0.25) is 0 Å². The number of furan rings is 1. The highest BCUT2D eigenvalue weighted by atomic mass is 32.1. The van der Waals surface area contributed by atoms with Gasteiger partial charge in [0.2, 0.25) is 5.13 Å². The fourth-order valence-corrected chi connectivity index (χ4v) is 1.25. The molecule has 0 radical (unpaired) electrons. The minimum Gasteiger partial charge on any atom is -0.472 e. The van der Waals surface area contributed by atoms with Gasteiger partial charge in [-0.3, -0.25) is 0 Å². The second-order valence-corrected chi connectivity index (χ2v) is 3.01. The first-order valence-electron chi connectivity index (χ1n) is 3.47. The van der Waals surface area contributed by atoms with Crippen LogP contribution in [-0.4, -0.2) is 9.36 Å². The Kier molecular flexibility index (Phi) is 2.04. The number of rotatable bonds is 3. The molecule has 5 heteroatoms. The molecule has 0 saturated carbocycles. The molecular formula is C7H7N3OS. The van der Waals surface area contributed by atoms with Crippen LogP contribution >= 0.6 is 11.5 Å². The van der Waals surface area contributed by atoms with E-state index >= 15 is 0 Å². The van der Waals surface area contributed by atoms with E-state index in [1.54, 1.807) is 12.5 Å². The smallest absolute Gasteiger partial charge is 0.202 e. The fraction of sp³-hybridized carbons (Fsp3) is 0.143. The summed E-state index contributed by atoms with van der Waals surface area (Å²) in [6.45, 7) is 0.728. The second kappa shape index (κ2) is 3.36. The summed E-state index contributed by atoms with van der Waals surface area (Å²) in [4.78, 5) is 3.98. The predicted octanol–water partition coefficient (Wildman–Crippen LogP) is 1.74. The summed E-state index contributed by atoms with van der Waals surface area (Å²) in [6, 6.07) is 1.91. The molecule has 0 aromatic carbocycles. The molecule has 12 heavy (non-hydrogen) atoms. The molecule has 0 atom stereocenters. The maximum Gasteiger partial charge on any atom is 0.202 e. The van der Waals surface area contributed by atoms with Crippen molar-refractivity contribution in [3.8, 4) is 0 Å². The highest BCUT2D eigenvalue weighted by Gasteiger charge is 1.96. The summed E-state index contributed by atoms with van der Waals surface area (Å²) in [5.41, 5.74) is 1.10. The molecule has 0 fully saturated rings. The molecule has 0 amide bonds. The predicted molar refractivity (Wildman–Crippen MR) is 45.9 cm³/mol. The lowest BCUT2D eigenvalue weighted by Crippen LogP contribution is -1.96. The van der Waals surface area contributed by atoms with Gasteiger partial charge in [-0.1, -0.05) is 0 Å². The Balaban J connectivity index is 1.91. The van der Waals surface area contributed by atoms with Gasteiger partial charge in [-0.05, 0) is 6.07 Å². The van der Waals surface area contributed by atoms with Crippen LogP contribution in [0.1, 0.15) is 5.56 Å². The number of nitrogens with zero attached hydrogens (tertiary/aromatic N) is 2. The lowest BCUT2D eigenvalue weighted by atomic mass is 10.3. The van der Waals surface area contributed by atoms with Gasteiger partial charge in [0.25, 0.3) is 0 Å². The van der Waals surface area contributed by atoms with Crippen molar-refractivity contribution in [1.29, 1.82) is 0 Å². The quantitative estimate of drug-likeness (QED) is 0.783. The molecule has 0 spiro atoms. The van der Waals surface area contributed by atoms with Crippen molar-refractivity contribution in [2.75, 3.05) is 5.32 Å². The first-order valence-corrected chi connectivity index (χ1v) is 4.24. The van der Waals surface area contributed by atoms with Gasteiger partial charge in [0.1, 0.15) is 6.33 Å².